The van der Waals surface area contributed by atoms with Gasteiger partial charge in [-0.2, -0.15) is 0 Å². The summed E-state index contributed by atoms with van der Waals surface area (Å²) in [5.74, 6) is -0.487. The maximum absolute atomic E-state index is 14.6. The van der Waals surface area contributed by atoms with Gasteiger partial charge in [-0.3, -0.25) is 0 Å². The van der Waals surface area contributed by atoms with Crippen molar-refractivity contribution in [3.63, 3.8) is 0 Å². The van der Waals surface area contributed by atoms with Crippen molar-refractivity contribution in [3.8, 4) is 11.3 Å². The number of hydrogen-bond acceptors (Lipinski definition) is 4. The molecule has 6 nitrogen and oxygen atoms in total. The molecule has 8 heteroatoms. The van der Waals surface area contributed by atoms with Gasteiger partial charge in [0.1, 0.15) is 11.4 Å². The Balaban J connectivity index is 1.70. The number of hydrogen-bond donors (Lipinski definition) is 1. The molecule has 1 aliphatic rings. The molecule has 0 radical (unpaired) electrons. The van der Waals surface area contributed by atoms with Crippen LogP contribution in [0, 0.1) is 12.7 Å². The molecule has 202 valence electrons. The molecule has 1 atom stereocenters. The topological polar surface area (TPSA) is 77.4 Å². The van der Waals surface area contributed by atoms with E-state index in [0.29, 0.717) is 35.2 Å². The van der Waals surface area contributed by atoms with Gasteiger partial charge in [-0.25, -0.2) is 21.6 Å². The fourth-order valence-electron chi connectivity index (χ4n) is 5.14. The van der Waals surface area contributed by atoms with Gasteiger partial charge in [-0.15, -0.1) is 0 Å². The van der Waals surface area contributed by atoms with Crippen LogP contribution in [0.5, 0.6) is 0 Å². The molecule has 0 fully saturated rings. The van der Waals surface area contributed by atoms with Gasteiger partial charge in [0.15, 0.2) is 0 Å². The minimum atomic E-state index is -4.04. The smallest absolute Gasteiger partial charge is 0.408 e. The van der Waals surface area contributed by atoms with Crippen molar-refractivity contribution in [2.45, 2.75) is 57.1 Å². The Morgan fingerprint density at radius 2 is 1.82 bits per heavy atom. The summed E-state index contributed by atoms with van der Waals surface area (Å²) in [6, 6.07) is 16.2. The zero-order valence-corrected chi connectivity index (χ0v) is 23.2. The second kappa shape index (κ2) is 9.68. The Labute approximate surface area is 228 Å². The van der Waals surface area contributed by atoms with Crippen LogP contribution in [0.25, 0.3) is 28.2 Å². The van der Waals surface area contributed by atoms with Crippen LogP contribution in [0.15, 0.2) is 72.1 Å². The van der Waals surface area contributed by atoms with Crippen molar-refractivity contribution in [1.29, 1.82) is 0 Å². The van der Waals surface area contributed by atoms with Gasteiger partial charge in [-0.05, 0) is 99.7 Å². The molecular weight excluding hydrogens is 515 g/mol. The molecule has 0 spiro atoms. The van der Waals surface area contributed by atoms with Crippen molar-refractivity contribution in [2.75, 3.05) is 0 Å². The van der Waals surface area contributed by atoms with E-state index < -0.39 is 27.5 Å². The van der Waals surface area contributed by atoms with Crippen LogP contribution in [0.3, 0.4) is 0 Å². The number of ether oxygens (including phenoxy) is 1. The number of aromatic nitrogens is 1. The average Bonchev–Trinajstić information content (AvgIpc) is 3.44. The first kappa shape index (κ1) is 26.7. The molecule has 1 amide bonds. The standard InChI is InChI=1S/C31H31FN2O4S/c1-6-20-15-21(17-22(32)16-20)29-18-26-24-11-13-27(33-30(35)38-31(3,4)5)25(24)12-14-28(26)34(29)39(36,37)23-9-7-19(2)8-10-23/h6-10,12,14-18,27H,1,11,13H2,2-5H3,(H,33,35)/t27-/m1/s1. The summed E-state index contributed by atoms with van der Waals surface area (Å²) >= 11 is 0. The highest BCUT2D eigenvalue weighted by Crippen LogP contribution is 2.41. The molecule has 0 saturated heterocycles. The van der Waals surface area contributed by atoms with Crippen molar-refractivity contribution in [2.24, 2.45) is 0 Å². The predicted molar refractivity (Wildman–Crippen MR) is 152 cm³/mol. The minimum Gasteiger partial charge on any atom is -0.444 e. The van der Waals surface area contributed by atoms with E-state index in [1.54, 1.807) is 42.5 Å². The lowest BCUT2D eigenvalue weighted by Crippen LogP contribution is -2.34. The van der Waals surface area contributed by atoms with Crippen LogP contribution in [-0.4, -0.2) is 24.1 Å². The Morgan fingerprint density at radius 3 is 2.49 bits per heavy atom. The van der Waals surface area contributed by atoms with Gasteiger partial charge in [0.25, 0.3) is 10.0 Å². The fourth-order valence-corrected chi connectivity index (χ4v) is 6.66. The van der Waals surface area contributed by atoms with Crippen LogP contribution in [0.2, 0.25) is 0 Å². The van der Waals surface area contributed by atoms with Gasteiger partial charge >= 0.3 is 6.09 Å². The molecule has 3 aromatic carbocycles. The molecule has 0 unspecified atom stereocenters. The third kappa shape index (κ3) is 5.08. The summed E-state index contributed by atoms with van der Waals surface area (Å²) in [7, 11) is -4.04. The number of amides is 1. The third-order valence-electron chi connectivity index (χ3n) is 6.85. The number of carbonyl (C=O) groups is 1. The SMILES string of the molecule is C=Cc1cc(F)cc(-c2cc3c4c(ccc3n2S(=O)(=O)c2ccc(C)cc2)[C@H](NC(=O)OC(C)(C)C)CC4)c1. The third-order valence-corrected chi connectivity index (χ3v) is 8.59. The van der Waals surface area contributed by atoms with Crippen LogP contribution >= 0.6 is 0 Å². The lowest BCUT2D eigenvalue weighted by atomic mass is 10.0. The Hall–Kier alpha value is -3.91. The van der Waals surface area contributed by atoms with E-state index in [9.17, 15) is 17.6 Å². The van der Waals surface area contributed by atoms with Crippen LogP contribution < -0.4 is 5.32 Å². The number of rotatable bonds is 5. The van der Waals surface area contributed by atoms with E-state index in [1.807, 2.05) is 33.8 Å². The van der Waals surface area contributed by atoms with Crippen molar-refractivity contribution < 1.29 is 22.3 Å². The second-order valence-corrected chi connectivity index (χ2v) is 12.7. The Bertz CT molecular complexity index is 1710. The molecule has 4 aromatic rings. The van der Waals surface area contributed by atoms with Gasteiger partial charge in [0, 0.05) is 10.9 Å². The summed E-state index contributed by atoms with van der Waals surface area (Å²) in [6.07, 6.45) is 2.32. The number of halogens is 1. The Kier molecular flexibility index (Phi) is 6.63. The molecule has 1 aliphatic carbocycles. The summed E-state index contributed by atoms with van der Waals surface area (Å²) in [6.45, 7) is 11.1. The predicted octanol–water partition coefficient (Wildman–Crippen LogP) is 7.15. The number of nitrogens with zero attached hydrogens (tertiary/aromatic N) is 1. The lowest BCUT2D eigenvalue weighted by molar-refractivity contribution is 0.0503. The van der Waals surface area contributed by atoms with E-state index >= 15 is 0 Å². The average molecular weight is 547 g/mol. The fraction of sp³-hybridized carbons (Fsp3) is 0.258. The summed E-state index contributed by atoms with van der Waals surface area (Å²) in [4.78, 5) is 12.6. The summed E-state index contributed by atoms with van der Waals surface area (Å²) < 4.78 is 49.5. The molecule has 0 saturated carbocycles. The monoisotopic (exact) mass is 546 g/mol. The second-order valence-electron chi connectivity index (χ2n) is 10.9. The van der Waals surface area contributed by atoms with Gasteiger partial charge in [0.2, 0.25) is 0 Å². The molecule has 1 N–H and O–H groups in total. The normalized spacial score (nSPS) is 15.3. The molecule has 1 aromatic heterocycles. The summed E-state index contributed by atoms with van der Waals surface area (Å²) in [5, 5.41) is 3.69. The number of benzene rings is 3. The van der Waals surface area contributed by atoms with E-state index in [-0.39, 0.29) is 10.9 Å². The molecule has 39 heavy (non-hydrogen) atoms. The maximum Gasteiger partial charge on any atom is 0.408 e. The van der Waals surface area contributed by atoms with Crippen LogP contribution in [0.4, 0.5) is 9.18 Å². The number of nitrogens with one attached hydrogen (secondary N) is 1. The molecular formula is C31H31FN2O4S. The van der Waals surface area contributed by atoms with Gasteiger partial charge in [0.05, 0.1) is 22.1 Å². The molecule has 1 heterocycles. The van der Waals surface area contributed by atoms with E-state index in [0.717, 1.165) is 22.1 Å². The first-order valence-electron chi connectivity index (χ1n) is 12.8. The zero-order valence-electron chi connectivity index (χ0n) is 22.4. The van der Waals surface area contributed by atoms with E-state index in [1.165, 1.54) is 22.2 Å². The van der Waals surface area contributed by atoms with Crippen LogP contribution in [-0.2, 0) is 21.2 Å². The largest absolute Gasteiger partial charge is 0.444 e. The van der Waals surface area contributed by atoms with Gasteiger partial charge in [-0.1, -0.05) is 36.4 Å². The highest BCUT2D eigenvalue weighted by Gasteiger charge is 2.31. The Morgan fingerprint density at radius 1 is 1.10 bits per heavy atom. The van der Waals surface area contributed by atoms with Crippen molar-refractivity contribution in [1.82, 2.24) is 9.29 Å². The van der Waals surface area contributed by atoms with Crippen LogP contribution in [0.1, 0.15) is 55.5 Å². The minimum absolute atomic E-state index is 0.136. The highest BCUT2D eigenvalue weighted by atomic mass is 32.2. The first-order valence-corrected chi connectivity index (χ1v) is 14.2. The number of alkyl carbamates (subject to hydrolysis) is 1. The van der Waals surface area contributed by atoms with E-state index in [4.69, 9.17) is 4.74 Å². The number of fused-ring (bicyclic) bond motifs is 3. The van der Waals surface area contributed by atoms with Crippen molar-refractivity contribution in [3.05, 3.63) is 95.3 Å². The summed E-state index contributed by atoms with van der Waals surface area (Å²) in [5.41, 5.74) is 3.99. The lowest BCUT2D eigenvalue weighted by Gasteiger charge is -2.22. The van der Waals surface area contributed by atoms with Crippen molar-refractivity contribution >= 4 is 33.1 Å². The van der Waals surface area contributed by atoms with E-state index in [2.05, 4.69) is 11.9 Å². The number of carbonyl (C=O) groups excluding carboxylic acids is 1. The molecule has 0 bridgehead atoms. The number of aryl methyl sites for hydroxylation is 2. The first-order chi connectivity index (χ1) is 18.4. The maximum atomic E-state index is 14.6. The molecule has 0 aliphatic heterocycles. The zero-order chi connectivity index (χ0) is 28.1. The quantitative estimate of drug-likeness (QED) is 0.288. The van der Waals surface area contributed by atoms with Gasteiger partial charge < -0.3 is 10.1 Å². The molecule has 5 rings (SSSR count). The highest BCUT2D eigenvalue weighted by molar-refractivity contribution is 7.90.